The van der Waals surface area contributed by atoms with Crippen molar-refractivity contribution in [2.75, 3.05) is 27.7 Å². The minimum atomic E-state index is -6.29. The fraction of sp³-hybridized carbons (Fsp3) is 0.174. The first kappa shape index (κ1) is 54.6. The Morgan fingerprint density at radius 2 is 0.877 bits per heavy atom. The molecule has 6 rings (SSSR count). The largest absolute Gasteiger partial charge is 0.566 e. The fourth-order valence-corrected chi connectivity index (χ4v) is 9.04. The van der Waals surface area contributed by atoms with E-state index >= 15 is 52.7 Å². The van der Waals surface area contributed by atoms with Gasteiger partial charge in [0.05, 0.1) is 27.6 Å². The molecule has 0 aliphatic rings. The van der Waals surface area contributed by atoms with Gasteiger partial charge in [0.1, 0.15) is 23.0 Å². The van der Waals surface area contributed by atoms with Gasteiger partial charge in [0, 0.05) is 18.2 Å². The van der Waals surface area contributed by atoms with Gasteiger partial charge in [-0.05, 0) is 108 Å². The van der Waals surface area contributed by atoms with Crippen LogP contribution >= 0.6 is 0 Å². The highest BCUT2D eigenvalue weighted by atomic mass is 32.2. The van der Waals surface area contributed by atoms with Gasteiger partial charge >= 0.3 is 40.8 Å². The minimum absolute atomic E-state index is 0.157. The van der Waals surface area contributed by atoms with Crippen molar-refractivity contribution in [3.05, 3.63) is 160 Å². The number of carbonyl (C=O) groups is 2. The summed E-state index contributed by atoms with van der Waals surface area (Å²) in [7, 11) is -1.58. The van der Waals surface area contributed by atoms with Crippen LogP contribution in [0.3, 0.4) is 0 Å². The molecule has 0 aromatic heterocycles. The maximum atomic E-state index is 15.4. The van der Waals surface area contributed by atoms with Crippen molar-refractivity contribution in [3.63, 3.8) is 0 Å². The van der Waals surface area contributed by atoms with Gasteiger partial charge in [-0.15, -0.1) is 0 Å². The zero-order valence-corrected chi connectivity index (χ0v) is 38.7. The summed E-state index contributed by atoms with van der Waals surface area (Å²) < 4.78 is 221. The van der Waals surface area contributed by atoms with Gasteiger partial charge in [0.25, 0.3) is 21.8 Å². The maximum absolute atomic E-state index is 15.4. The SMILES string of the molecule is BOc1ccc(C(c2ccc(O)c(NC)c2)(C(F)(F)F)C(F)(F)F)cc1NC(=O)c1cccc(C(=O)Nc2cc(C(c3ccc(OB)c(NS(=O)(=O)c4ccc(C)cc4)c3)(C(F)(F)F)C(F)(F)F)ccc2O)c1. The Morgan fingerprint density at radius 1 is 0.507 bits per heavy atom. The first-order valence-electron chi connectivity index (χ1n) is 20.7. The van der Waals surface area contributed by atoms with Crippen LogP contribution in [0.2, 0.25) is 0 Å². The lowest BCUT2D eigenvalue weighted by Gasteiger charge is -2.38. The molecule has 0 aliphatic heterocycles. The monoisotopic (exact) mass is 1050 g/mol. The molecule has 6 N–H and O–H groups in total. The Balaban J connectivity index is 1.37. The summed E-state index contributed by atoms with van der Waals surface area (Å²) in [5.74, 6) is -5.35. The number of carbonyl (C=O) groups excluding carboxylic acids is 2. The Kier molecular flexibility index (Phi) is 14.8. The van der Waals surface area contributed by atoms with Crippen molar-refractivity contribution < 1.29 is 90.2 Å². The van der Waals surface area contributed by atoms with E-state index in [0.717, 1.165) is 59.5 Å². The van der Waals surface area contributed by atoms with Gasteiger partial charge in [-0.1, -0.05) is 48.0 Å². The average molecular weight is 1050 g/mol. The highest BCUT2D eigenvalue weighted by Crippen LogP contribution is 2.59. The highest BCUT2D eigenvalue weighted by molar-refractivity contribution is 7.92. The highest BCUT2D eigenvalue weighted by Gasteiger charge is 2.74. The lowest BCUT2D eigenvalue weighted by atomic mass is 9.72. The molecule has 0 radical (unpaired) electrons. The average Bonchev–Trinajstić information content (AvgIpc) is 3.29. The van der Waals surface area contributed by atoms with Crippen LogP contribution in [0.25, 0.3) is 0 Å². The second-order valence-electron chi connectivity index (χ2n) is 15.9. The molecule has 0 bridgehead atoms. The minimum Gasteiger partial charge on any atom is -0.566 e. The molecule has 0 atom stereocenters. The lowest BCUT2D eigenvalue weighted by molar-refractivity contribution is -0.290. The van der Waals surface area contributed by atoms with Crippen molar-refractivity contribution in [1.82, 2.24) is 0 Å². The molecule has 6 aromatic carbocycles. The molecule has 0 aliphatic carbocycles. The fourth-order valence-electron chi connectivity index (χ4n) is 7.97. The van der Waals surface area contributed by atoms with Crippen LogP contribution in [-0.4, -0.2) is 78.3 Å². The zero-order chi connectivity index (χ0) is 54.3. The Bertz CT molecular complexity index is 3160. The van der Waals surface area contributed by atoms with E-state index in [9.17, 15) is 28.2 Å². The summed E-state index contributed by atoms with van der Waals surface area (Å²) in [4.78, 5) is 26.9. The first-order valence-corrected chi connectivity index (χ1v) is 22.2. The van der Waals surface area contributed by atoms with E-state index < -0.39 is 141 Å². The van der Waals surface area contributed by atoms with Crippen molar-refractivity contribution in [2.45, 2.75) is 47.4 Å². The Hall–Kier alpha value is -7.70. The molecule has 384 valence electrons. The summed E-state index contributed by atoms with van der Waals surface area (Å²) in [6.07, 6.45) is -24.8. The number of rotatable bonds is 14. The molecule has 0 spiro atoms. The molecule has 0 heterocycles. The molecular weight excluding hydrogens is 1020 g/mol. The van der Waals surface area contributed by atoms with E-state index in [1.165, 1.54) is 12.1 Å². The van der Waals surface area contributed by atoms with E-state index in [4.69, 9.17) is 9.31 Å². The van der Waals surface area contributed by atoms with Gasteiger partial charge < -0.3 is 35.5 Å². The summed E-state index contributed by atoms with van der Waals surface area (Å²) in [6.45, 7) is 1.63. The van der Waals surface area contributed by atoms with Crippen molar-refractivity contribution in [1.29, 1.82) is 0 Å². The second-order valence-corrected chi connectivity index (χ2v) is 17.6. The molecule has 12 nitrogen and oxygen atoms in total. The van der Waals surface area contributed by atoms with E-state index in [1.807, 2.05) is 10.0 Å². The number of halogens is 12. The van der Waals surface area contributed by atoms with E-state index in [0.29, 0.717) is 60.2 Å². The molecule has 0 saturated heterocycles. The zero-order valence-electron chi connectivity index (χ0n) is 37.8. The van der Waals surface area contributed by atoms with Gasteiger partial charge in [-0.2, -0.15) is 52.7 Å². The van der Waals surface area contributed by atoms with Crippen LogP contribution in [0.15, 0.2) is 126 Å². The topological polar surface area (TPSA) is 175 Å². The molecule has 27 heteroatoms. The molecule has 0 unspecified atom stereocenters. The van der Waals surface area contributed by atoms with Gasteiger partial charge in [-0.3, -0.25) is 14.3 Å². The predicted molar refractivity (Wildman–Crippen MR) is 247 cm³/mol. The molecule has 73 heavy (non-hydrogen) atoms. The summed E-state index contributed by atoms with van der Waals surface area (Å²) in [5, 5.41) is 27.1. The summed E-state index contributed by atoms with van der Waals surface area (Å²) >= 11 is 0. The van der Waals surface area contributed by atoms with Crippen molar-refractivity contribution in [3.8, 4) is 23.0 Å². The number of nitrogens with one attached hydrogen (secondary N) is 4. The van der Waals surface area contributed by atoms with Gasteiger partial charge in [0.15, 0.2) is 0 Å². The number of phenolic OH excluding ortho intramolecular Hbond substituents is 2. The van der Waals surface area contributed by atoms with Gasteiger partial charge in [-0.25, -0.2) is 8.42 Å². The Morgan fingerprint density at radius 3 is 1.30 bits per heavy atom. The number of sulfonamides is 1. The first-order chi connectivity index (χ1) is 33.9. The van der Waals surface area contributed by atoms with Crippen LogP contribution in [0, 0.1) is 6.92 Å². The van der Waals surface area contributed by atoms with Crippen LogP contribution in [0.4, 0.5) is 75.4 Å². The third-order valence-corrected chi connectivity index (χ3v) is 12.9. The van der Waals surface area contributed by atoms with Crippen LogP contribution in [0.5, 0.6) is 23.0 Å². The third kappa shape index (κ3) is 10.1. The van der Waals surface area contributed by atoms with E-state index in [1.54, 1.807) is 6.92 Å². The molecule has 6 aromatic rings. The Labute approximate surface area is 408 Å². The number of alkyl halides is 12. The predicted octanol–water partition coefficient (Wildman–Crippen LogP) is 9.43. The number of hydrogen-bond donors (Lipinski definition) is 6. The number of aromatic hydroxyl groups is 2. The normalized spacial score (nSPS) is 12.7. The third-order valence-electron chi connectivity index (χ3n) is 11.6. The molecule has 0 fully saturated rings. The van der Waals surface area contributed by atoms with Gasteiger partial charge in [0.2, 0.25) is 10.8 Å². The summed E-state index contributed by atoms with van der Waals surface area (Å²) in [5.41, 5.74) is -19.5. The number of aryl methyl sites for hydroxylation is 1. The smallest absolute Gasteiger partial charge is 0.411 e. The lowest BCUT2D eigenvalue weighted by Crippen LogP contribution is -2.54. The summed E-state index contributed by atoms with van der Waals surface area (Å²) in [6, 6.07) is 13.9. The van der Waals surface area contributed by atoms with E-state index in [-0.39, 0.29) is 18.2 Å². The number of phenols is 2. The van der Waals surface area contributed by atoms with Crippen LogP contribution in [-0.2, 0) is 20.9 Å². The number of amides is 2. The van der Waals surface area contributed by atoms with E-state index in [2.05, 4.69) is 10.6 Å². The molecule has 0 saturated carbocycles. The van der Waals surface area contributed by atoms with Crippen LogP contribution in [0.1, 0.15) is 48.5 Å². The number of benzene rings is 6. The van der Waals surface area contributed by atoms with Crippen molar-refractivity contribution >= 4 is 60.7 Å². The number of hydrogen-bond acceptors (Lipinski definition) is 9. The van der Waals surface area contributed by atoms with Crippen molar-refractivity contribution in [2.24, 2.45) is 0 Å². The number of anilines is 4. The van der Waals surface area contributed by atoms with Crippen LogP contribution < -0.4 is 30.0 Å². The second kappa shape index (κ2) is 19.7. The standard InChI is InChI=1S/C46H36B2F12N4O8S/c1-23-6-12-30(13-7-23)73(69,70)64-34-22-29(11-17-38(34)72-48)42(45(55,56)57,46(58,59)60)27-9-15-36(66)32(20-27)62-39(67)24-4-3-5-25(18-24)40(68)63-33-21-28(10-16-37(33)71-47)41(43(49,50)51,44(52,53)54)26-8-14-35(65)31(19-26)61-2/h3-22,61,64-66H,47-48H2,1-2H3,(H,62,67)(H,63,68). The molecule has 2 amide bonds. The maximum Gasteiger partial charge on any atom is 0.411 e. The molecular formula is C46H36B2F12N4O8S. The quantitative estimate of drug-likeness (QED) is 0.0353.